The summed E-state index contributed by atoms with van der Waals surface area (Å²) in [6, 6.07) is 6.12. The Balaban J connectivity index is 1.63. The molecule has 4 rings (SSSR count). The lowest BCUT2D eigenvalue weighted by Crippen LogP contribution is -2.59. The lowest BCUT2D eigenvalue weighted by atomic mass is 9.98. The van der Waals surface area contributed by atoms with Crippen LogP contribution >= 0.6 is 0 Å². The summed E-state index contributed by atoms with van der Waals surface area (Å²) in [5.74, 6) is -4.00. The summed E-state index contributed by atoms with van der Waals surface area (Å²) in [5.41, 5.74) is 0.409. The molecule has 14 heteroatoms. The lowest BCUT2D eigenvalue weighted by molar-refractivity contribution is -0.296. The van der Waals surface area contributed by atoms with E-state index in [1.807, 2.05) is 0 Å². The van der Waals surface area contributed by atoms with Crippen molar-refractivity contribution in [2.75, 3.05) is 6.61 Å². The van der Waals surface area contributed by atoms with Gasteiger partial charge in [0.2, 0.25) is 6.29 Å². The lowest BCUT2D eigenvalue weighted by Gasteiger charge is -2.40. The topological polar surface area (TPSA) is 236 Å². The molecule has 0 aromatic heterocycles. The van der Waals surface area contributed by atoms with Gasteiger partial charge in [0.1, 0.15) is 54.5 Å². The van der Waals surface area contributed by atoms with Crippen LogP contribution in [0.2, 0.25) is 0 Å². The maximum Gasteiger partial charge on any atom is 0.317 e. The van der Waals surface area contributed by atoms with E-state index in [0.29, 0.717) is 0 Å². The Morgan fingerprint density at radius 1 is 0.921 bits per heavy atom. The highest BCUT2D eigenvalue weighted by molar-refractivity contribution is 5.90. The summed E-state index contributed by atoms with van der Waals surface area (Å²) in [5, 5.41) is 79.7. The van der Waals surface area contributed by atoms with E-state index in [-0.39, 0.29) is 34.1 Å². The minimum atomic E-state index is -1.83. The Bertz CT molecular complexity index is 1260. The van der Waals surface area contributed by atoms with Crippen molar-refractivity contribution < 1.29 is 69.4 Å². The van der Waals surface area contributed by atoms with E-state index in [0.717, 1.165) is 6.07 Å². The molecule has 0 aliphatic carbocycles. The van der Waals surface area contributed by atoms with Gasteiger partial charge >= 0.3 is 11.9 Å². The van der Waals surface area contributed by atoms with Gasteiger partial charge in [-0.1, -0.05) is 0 Å². The number of benzene rings is 2. The van der Waals surface area contributed by atoms with E-state index in [9.17, 15) is 45.3 Å². The molecule has 0 spiro atoms. The minimum Gasteiger partial charge on any atom is -0.571 e. The van der Waals surface area contributed by atoms with Crippen LogP contribution in [0.25, 0.3) is 6.08 Å². The van der Waals surface area contributed by atoms with Crippen molar-refractivity contribution in [1.29, 1.82) is 0 Å². The number of rotatable bonds is 7. The van der Waals surface area contributed by atoms with Crippen LogP contribution in [0, 0.1) is 0 Å². The van der Waals surface area contributed by atoms with Crippen LogP contribution < -0.4 is 0 Å². The summed E-state index contributed by atoms with van der Waals surface area (Å²) in [6.07, 6.45) is -9.17. The van der Waals surface area contributed by atoms with Gasteiger partial charge in [-0.25, -0.2) is 0 Å². The largest absolute Gasteiger partial charge is 0.571 e. The van der Waals surface area contributed by atoms with E-state index in [1.165, 1.54) is 30.3 Å². The highest BCUT2D eigenvalue weighted by atomic mass is 16.7. The molecule has 1 unspecified atom stereocenters. The average Bonchev–Trinajstić information content (AvgIpc) is 2.84. The fourth-order valence-electron chi connectivity index (χ4n) is 3.97. The van der Waals surface area contributed by atoms with Crippen molar-refractivity contribution >= 4 is 18.0 Å². The molecule has 0 bridgehead atoms. The van der Waals surface area contributed by atoms with Gasteiger partial charge in [-0.2, -0.15) is 0 Å². The van der Waals surface area contributed by atoms with Crippen LogP contribution in [0.1, 0.15) is 23.7 Å². The van der Waals surface area contributed by atoms with Crippen LogP contribution in [-0.4, -0.2) is 94.8 Å². The van der Waals surface area contributed by atoms with Gasteiger partial charge in [0.15, 0.2) is 17.3 Å². The summed E-state index contributed by atoms with van der Waals surface area (Å²) < 4.78 is 20.6. The molecule has 2 aromatic carbocycles. The predicted octanol–water partition coefficient (Wildman–Crippen LogP) is -0.312. The first-order valence-electron chi connectivity index (χ1n) is 11.2. The molecule has 1 saturated heterocycles. The highest BCUT2D eigenvalue weighted by Gasteiger charge is 2.47. The fraction of sp³-hybridized carbons (Fsp3) is 0.333. The number of phenolic OH excluding ortho intramolecular Hbond substituents is 4. The zero-order valence-electron chi connectivity index (χ0n) is 19.4. The van der Waals surface area contributed by atoms with Crippen molar-refractivity contribution in [3.63, 3.8) is 0 Å². The van der Waals surface area contributed by atoms with Crippen LogP contribution in [-0.2, 0) is 23.8 Å². The predicted molar refractivity (Wildman–Crippen MR) is 123 cm³/mol. The van der Waals surface area contributed by atoms with Gasteiger partial charge in [0, 0.05) is 12.1 Å². The van der Waals surface area contributed by atoms with Crippen molar-refractivity contribution in [2.24, 2.45) is 0 Å². The molecule has 2 aliphatic heterocycles. The van der Waals surface area contributed by atoms with Gasteiger partial charge in [-0.3, -0.25) is 9.59 Å². The molecule has 14 nitrogen and oxygen atoms in total. The number of aliphatic hydroxyl groups excluding tert-OH is 3. The Labute approximate surface area is 213 Å². The number of aromatic hydroxyl groups is 5. The van der Waals surface area contributed by atoms with Crippen LogP contribution in [0.3, 0.4) is 0 Å². The van der Waals surface area contributed by atoms with Crippen molar-refractivity contribution in [3.8, 4) is 28.7 Å². The third kappa shape index (κ3) is 5.52. The Morgan fingerprint density at radius 2 is 1.66 bits per heavy atom. The summed E-state index contributed by atoms with van der Waals surface area (Å²) in [7, 11) is 0. The second-order valence-electron chi connectivity index (χ2n) is 8.61. The smallest absolute Gasteiger partial charge is 0.317 e. The summed E-state index contributed by atoms with van der Waals surface area (Å²) in [4.78, 5) is 22.2. The van der Waals surface area contributed by atoms with E-state index in [4.69, 9.17) is 19.3 Å². The quantitative estimate of drug-likeness (QED) is 0.0980. The number of aliphatic hydroxyl groups is 4. The Hall–Kier alpha value is -4.24. The maximum absolute atomic E-state index is 11.6. The van der Waals surface area contributed by atoms with Gasteiger partial charge in [0.05, 0.1) is 11.6 Å². The first kappa shape index (κ1) is 26.8. The second kappa shape index (κ2) is 10.6. The molecule has 0 amide bonds. The zero-order chi connectivity index (χ0) is 27.7. The van der Waals surface area contributed by atoms with Crippen molar-refractivity contribution in [1.82, 2.24) is 0 Å². The van der Waals surface area contributed by atoms with E-state index in [1.54, 1.807) is 0 Å². The third-order valence-corrected chi connectivity index (χ3v) is 5.89. The van der Waals surface area contributed by atoms with Gasteiger partial charge < -0.3 is 59.8 Å². The molecule has 6 atom stereocenters. The van der Waals surface area contributed by atoms with E-state index >= 15 is 0 Å². The van der Waals surface area contributed by atoms with E-state index in [2.05, 4.69) is 4.74 Å². The summed E-state index contributed by atoms with van der Waals surface area (Å²) >= 11 is 0. The fourth-order valence-corrected chi connectivity index (χ4v) is 3.97. The number of hydrogen-bond donors (Lipinski definition) is 8. The van der Waals surface area contributed by atoms with Gasteiger partial charge in [0.25, 0.3) is 11.9 Å². The normalized spacial score (nSPS) is 26.4. The number of carboxylic acid groups (broad SMARTS) is 1. The number of aliphatic carboxylic acids is 1. The second-order valence-corrected chi connectivity index (χ2v) is 8.61. The summed E-state index contributed by atoms with van der Waals surface area (Å²) in [6.45, 7) is -0.668. The number of ether oxygens (including phenoxy) is 4. The van der Waals surface area contributed by atoms with Crippen LogP contribution in [0.15, 0.2) is 36.1 Å². The third-order valence-electron chi connectivity index (χ3n) is 5.89. The number of hydrogen-bond acceptors (Lipinski definition) is 12. The molecule has 0 saturated carbocycles. The molecule has 0 radical (unpaired) electrons. The molecular weight excluding hydrogens is 512 g/mol. The van der Waals surface area contributed by atoms with Gasteiger partial charge in [-0.15, -0.1) is 0 Å². The SMILES string of the molecule is O=C(O)CC(=O)OC[C@@H]1O[C@H](OC2=Cc3c(O)cc(O)cc3[OH+]C2c2ccc(O)c(O)c2)[C@@H](O)[C@H](O)[C@H]1O. The first-order valence-corrected chi connectivity index (χ1v) is 11.2. The molecular formula is C24H25O14+. The number of phenols is 4. The number of esters is 1. The standard InChI is InChI=1S/C24H24O14/c25-10-4-13(27)11-6-16(23(36-15(11)5-10)9-1-2-12(26)14(28)3-9)37-24-22(34)21(33)20(32)17(38-24)8-35-19(31)7-18(29)30/h1-6,17,20-28,32-34H,7-8H2,(H,29,30)/p+1/t17-,20-,21+,22-,23?,24-/m0/s1. The molecule has 2 aromatic rings. The van der Waals surface area contributed by atoms with Crippen LogP contribution in [0.4, 0.5) is 0 Å². The number of carbonyl (C=O) groups is 2. The van der Waals surface area contributed by atoms with E-state index < -0.39 is 73.3 Å². The molecule has 2 aliphatic rings. The van der Waals surface area contributed by atoms with Crippen LogP contribution in [0.5, 0.6) is 28.7 Å². The highest BCUT2D eigenvalue weighted by Crippen LogP contribution is 2.46. The molecule has 1 fully saturated rings. The Morgan fingerprint density at radius 3 is 2.34 bits per heavy atom. The van der Waals surface area contributed by atoms with Gasteiger partial charge in [-0.05, 0) is 18.2 Å². The van der Waals surface area contributed by atoms with Crippen molar-refractivity contribution in [3.05, 3.63) is 47.2 Å². The molecule has 9 N–H and O–H groups in total. The molecule has 204 valence electrons. The maximum atomic E-state index is 11.6. The first-order chi connectivity index (χ1) is 17.9. The number of carbonyl (C=O) groups excluding carboxylic acids is 1. The number of fused-ring (bicyclic) bond motifs is 1. The zero-order valence-corrected chi connectivity index (χ0v) is 19.4. The average molecular weight is 537 g/mol. The monoisotopic (exact) mass is 537 g/mol. The molecule has 38 heavy (non-hydrogen) atoms. The van der Waals surface area contributed by atoms with Crippen molar-refractivity contribution in [2.45, 2.75) is 43.2 Å². The minimum absolute atomic E-state index is 0.0714. The Kier molecular flexibility index (Phi) is 7.50. The molecule has 2 heterocycles. The number of carboxylic acids is 1.